The van der Waals surface area contributed by atoms with Crippen LogP contribution < -0.4 is 5.32 Å². The van der Waals surface area contributed by atoms with Gasteiger partial charge in [-0.1, -0.05) is 35.7 Å². The molecular weight excluding hydrogens is 588 g/mol. The second kappa shape index (κ2) is 14.6. The summed E-state index contributed by atoms with van der Waals surface area (Å²) < 4.78 is 10.7. The first-order valence-corrected chi connectivity index (χ1v) is 14.7. The Morgan fingerprint density at radius 1 is 1.04 bits per heavy atom. The van der Waals surface area contributed by atoms with E-state index in [1.807, 2.05) is 78.8 Å². The van der Waals surface area contributed by atoms with E-state index in [1.54, 1.807) is 11.1 Å². The maximum Gasteiger partial charge on any atom is 0.410 e. The van der Waals surface area contributed by atoms with E-state index in [9.17, 15) is 9.59 Å². The summed E-state index contributed by atoms with van der Waals surface area (Å²) in [7, 11) is 0. The fraction of sp³-hybridized carbons (Fsp3) is 0.412. The summed E-state index contributed by atoms with van der Waals surface area (Å²) in [5, 5.41) is 2.67. The molecule has 0 saturated carbocycles. The number of aromatic amines is 2. The molecule has 1 fully saturated rings. The number of aryl methyl sites for hydroxylation is 1. The lowest BCUT2D eigenvalue weighted by Gasteiger charge is -2.27. The summed E-state index contributed by atoms with van der Waals surface area (Å²) in [5.41, 5.74) is 4.77. The third-order valence-electron chi connectivity index (χ3n) is 6.65. The van der Waals surface area contributed by atoms with Crippen molar-refractivity contribution in [3.8, 4) is 23.6 Å². The molecule has 1 aliphatic rings. The van der Waals surface area contributed by atoms with Crippen molar-refractivity contribution in [2.45, 2.75) is 85.1 Å². The molecule has 2 aromatic carbocycles. The van der Waals surface area contributed by atoms with Crippen LogP contribution in [0.15, 0.2) is 48.7 Å². The van der Waals surface area contributed by atoms with Gasteiger partial charge in [0.2, 0.25) is 0 Å². The third-order valence-corrected chi connectivity index (χ3v) is 6.65. The van der Waals surface area contributed by atoms with E-state index in [-0.39, 0.29) is 25.6 Å². The Kier molecular flexibility index (Phi) is 11.3. The topological polar surface area (TPSA) is 125 Å². The lowest BCUT2D eigenvalue weighted by Crippen LogP contribution is -2.36. The molecule has 2 aromatic heterocycles. The molecule has 240 valence electrons. The molecular formula is C34H44N6O4S. The minimum absolute atomic E-state index is 0. The number of alkyl carbamates (subject to hydrolysis) is 1. The third kappa shape index (κ3) is 10.0. The van der Waals surface area contributed by atoms with Crippen LogP contribution in [0.5, 0.6) is 0 Å². The molecule has 1 atom stereocenters. The Morgan fingerprint density at radius 2 is 1.73 bits per heavy atom. The molecule has 1 saturated heterocycles. The molecule has 0 bridgehead atoms. The summed E-state index contributed by atoms with van der Waals surface area (Å²) in [6, 6.07) is 13.8. The smallest absolute Gasteiger partial charge is 0.410 e. The van der Waals surface area contributed by atoms with Gasteiger partial charge < -0.3 is 24.8 Å². The first-order valence-electron chi connectivity index (χ1n) is 14.7. The standard InChI is InChI=1S/C18H21N3O2.C16H21N3O2.H2S/c1-5-12-8-9-13-14(11-12)20-16(19-13)15-7-6-10-21(15)17(22)23-18(2,3)4;1-11-5-7-12(8-6-11)13-9-17-14(19-13)10-18-15(20)21-16(2,3)4;/h1,8-9,11,15H,6-7,10H2,2-4H3,(H,19,20);5-9H,10H2,1-4H3,(H,17,19)(H,18,20);1H2/t15-;;/m0../s1. The molecule has 4 aromatic rings. The van der Waals surface area contributed by atoms with E-state index < -0.39 is 17.3 Å². The van der Waals surface area contributed by atoms with Crippen LogP contribution in [0.4, 0.5) is 9.59 Å². The first-order chi connectivity index (χ1) is 20.7. The zero-order valence-electron chi connectivity index (χ0n) is 27.1. The zero-order chi connectivity index (χ0) is 32.1. The Morgan fingerprint density at radius 3 is 2.38 bits per heavy atom. The van der Waals surface area contributed by atoms with Crippen molar-refractivity contribution in [1.29, 1.82) is 0 Å². The Balaban J connectivity index is 0.000000241. The number of amides is 2. The summed E-state index contributed by atoms with van der Waals surface area (Å²) in [5.74, 6) is 4.10. The number of hydrogen-bond acceptors (Lipinski definition) is 6. The molecule has 11 heteroatoms. The van der Waals surface area contributed by atoms with Crippen molar-refractivity contribution < 1.29 is 19.1 Å². The van der Waals surface area contributed by atoms with Gasteiger partial charge in [-0.05, 0) is 85.1 Å². The summed E-state index contributed by atoms with van der Waals surface area (Å²) >= 11 is 0. The summed E-state index contributed by atoms with van der Waals surface area (Å²) in [6.45, 7) is 14.1. The highest BCUT2D eigenvalue weighted by molar-refractivity contribution is 7.59. The number of carbonyl (C=O) groups excluding carboxylic acids is 2. The van der Waals surface area contributed by atoms with Crippen LogP contribution in [0.3, 0.4) is 0 Å². The normalized spacial score (nSPS) is 14.5. The lowest BCUT2D eigenvalue weighted by molar-refractivity contribution is 0.0218. The Labute approximate surface area is 272 Å². The van der Waals surface area contributed by atoms with E-state index in [0.29, 0.717) is 18.9 Å². The Hall–Kier alpha value is -4.43. The zero-order valence-corrected chi connectivity index (χ0v) is 28.1. The second-order valence-electron chi connectivity index (χ2n) is 12.8. The predicted octanol–water partition coefficient (Wildman–Crippen LogP) is 7.14. The number of benzene rings is 2. The number of likely N-dealkylation sites (tertiary alicyclic amines) is 1. The lowest BCUT2D eigenvalue weighted by atomic mass is 10.1. The fourth-order valence-electron chi connectivity index (χ4n) is 4.67. The van der Waals surface area contributed by atoms with Gasteiger partial charge in [0.15, 0.2) is 0 Å². The van der Waals surface area contributed by atoms with Crippen LogP contribution in [-0.4, -0.2) is 54.8 Å². The number of terminal acetylenes is 1. The largest absolute Gasteiger partial charge is 0.444 e. The predicted molar refractivity (Wildman–Crippen MR) is 181 cm³/mol. The van der Waals surface area contributed by atoms with Crippen molar-refractivity contribution >= 4 is 36.7 Å². The molecule has 2 amide bonds. The van der Waals surface area contributed by atoms with E-state index in [4.69, 9.17) is 15.9 Å². The van der Waals surface area contributed by atoms with E-state index >= 15 is 0 Å². The molecule has 45 heavy (non-hydrogen) atoms. The SMILES string of the molecule is C#Cc1ccc2nc([C@@H]3CCCN3C(=O)OC(C)(C)C)[nH]c2c1.Cc1ccc(-c2cnc(CNC(=O)OC(C)(C)C)[nH]2)cc1.S. The quantitative estimate of drug-likeness (QED) is 0.206. The molecule has 1 aliphatic heterocycles. The van der Waals surface area contributed by atoms with Gasteiger partial charge in [0.05, 0.1) is 35.5 Å². The second-order valence-corrected chi connectivity index (χ2v) is 12.8. The maximum absolute atomic E-state index is 12.4. The summed E-state index contributed by atoms with van der Waals surface area (Å²) in [4.78, 5) is 41.1. The van der Waals surface area contributed by atoms with Gasteiger partial charge in [-0.3, -0.25) is 4.90 Å². The number of hydrogen-bond donors (Lipinski definition) is 3. The van der Waals surface area contributed by atoms with Crippen LogP contribution in [0, 0.1) is 19.3 Å². The van der Waals surface area contributed by atoms with Gasteiger partial charge in [-0.2, -0.15) is 13.5 Å². The van der Waals surface area contributed by atoms with Gasteiger partial charge in [0.25, 0.3) is 0 Å². The van der Waals surface area contributed by atoms with Gasteiger partial charge in [-0.15, -0.1) is 6.42 Å². The van der Waals surface area contributed by atoms with Crippen LogP contribution in [-0.2, 0) is 16.0 Å². The minimum atomic E-state index is -0.500. The molecule has 0 radical (unpaired) electrons. The van der Waals surface area contributed by atoms with Crippen LogP contribution >= 0.6 is 13.5 Å². The minimum Gasteiger partial charge on any atom is -0.444 e. The average Bonchev–Trinajstić information content (AvgIpc) is 3.70. The number of imidazole rings is 2. The van der Waals surface area contributed by atoms with Crippen molar-refractivity contribution in [2.75, 3.05) is 6.54 Å². The molecule has 5 rings (SSSR count). The molecule has 0 unspecified atom stereocenters. The van der Waals surface area contributed by atoms with Gasteiger partial charge in [-0.25, -0.2) is 19.6 Å². The maximum atomic E-state index is 12.4. The molecule has 0 aliphatic carbocycles. The van der Waals surface area contributed by atoms with Crippen LogP contribution in [0.2, 0.25) is 0 Å². The average molecular weight is 633 g/mol. The first kappa shape index (κ1) is 35.1. The van der Waals surface area contributed by atoms with Crippen molar-refractivity contribution in [2.24, 2.45) is 0 Å². The fourth-order valence-corrected chi connectivity index (χ4v) is 4.67. The highest BCUT2D eigenvalue weighted by Crippen LogP contribution is 2.32. The van der Waals surface area contributed by atoms with Gasteiger partial charge in [0.1, 0.15) is 22.9 Å². The molecule has 3 heterocycles. The van der Waals surface area contributed by atoms with Crippen LogP contribution in [0.1, 0.15) is 83.2 Å². The number of aromatic nitrogens is 4. The van der Waals surface area contributed by atoms with Crippen LogP contribution in [0.25, 0.3) is 22.3 Å². The highest BCUT2D eigenvalue weighted by atomic mass is 32.1. The summed E-state index contributed by atoms with van der Waals surface area (Å²) in [6.07, 6.45) is 8.28. The molecule has 0 spiro atoms. The van der Waals surface area contributed by atoms with Crippen molar-refractivity contribution in [3.63, 3.8) is 0 Å². The van der Waals surface area contributed by atoms with E-state index in [2.05, 4.69) is 43.3 Å². The number of H-pyrrole nitrogens is 2. The van der Waals surface area contributed by atoms with Crippen molar-refractivity contribution in [3.05, 3.63) is 71.4 Å². The Bertz CT molecular complexity index is 1640. The van der Waals surface area contributed by atoms with E-state index in [1.165, 1.54) is 5.56 Å². The number of fused-ring (bicyclic) bond motifs is 1. The number of nitrogens with one attached hydrogen (secondary N) is 3. The van der Waals surface area contributed by atoms with E-state index in [0.717, 1.165) is 46.5 Å². The number of ether oxygens (including phenoxy) is 2. The molecule has 10 nitrogen and oxygen atoms in total. The monoisotopic (exact) mass is 632 g/mol. The highest BCUT2D eigenvalue weighted by Gasteiger charge is 2.35. The number of rotatable bonds is 4. The number of nitrogens with zero attached hydrogens (tertiary/aromatic N) is 3. The van der Waals surface area contributed by atoms with Gasteiger partial charge >= 0.3 is 12.2 Å². The molecule has 3 N–H and O–H groups in total. The number of carbonyl (C=O) groups is 2. The van der Waals surface area contributed by atoms with Crippen molar-refractivity contribution in [1.82, 2.24) is 30.2 Å². The van der Waals surface area contributed by atoms with Gasteiger partial charge in [0, 0.05) is 12.1 Å².